The summed E-state index contributed by atoms with van der Waals surface area (Å²) < 4.78 is 31.0. The average molecular weight is 177 g/mol. The molecule has 0 aliphatic carbocycles. The summed E-state index contributed by atoms with van der Waals surface area (Å²) in [6.07, 6.45) is -1.30. The zero-order chi connectivity index (χ0) is 7.49. The van der Waals surface area contributed by atoms with E-state index in [0.717, 1.165) is 0 Å². The van der Waals surface area contributed by atoms with Crippen LogP contribution in [0.25, 0.3) is 0 Å². The van der Waals surface area contributed by atoms with Gasteiger partial charge in [0.15, 0.2) is 0 Å². The summed E-state index contributed by atoms with van der Waals surface area (Å²) in [5.74, 6) is -1.19. The number of aliphatic hydroxyl groups excluding tert-OH is 1. The monoisotopic (exact) mass is 176 g/mol. The predicted octanol–water partition coefficient (Wildman–Crippen LogP) is -0.115. The summed E-state index contributed by atoms with van der Waals surface area (Å²) in [6.45, 7) is 0. The normalized spacial score (nSPS) is 15.4. The van der Waals surface area contributed by atoms with Crippen LogP contribution in [0.15, 0.2) is 0 Å². The molecule has 9 heavy (non-hydrogen) atoms. The highest BCUT2D eigenvalue weighted by Crippen LogP contribution is 1.96. The molecular formula is C3H6ClFO3S. The zero-order valence-electron chi connectivity index (χ0n) is 4.42. The van der Waals surface area contributed by atoms with Crippen molar-refractivity contribution in [3.8, 4) is 0 Å². The van der Waals surface area contributed by atoms with E-state index in [4.69, 9.17) is 16.7 Å². The first-order valence-corrected chi connectivity index (χ1v) is 4.21. The van der Waals surface area contributed by atoms with Crippen LogP contribution in [-0.4, -0.2) is 31.3 Å². The van der Waals surface area contributed by atoms with Gasteiger partial charge in [-0.1, -0.05) is 0 Å². The quantitative estimate of drug-likeness (QED) is 0.482. The van der Waals surface area contributed by atoms with E-state index in [1.807, 2.05) is 0 Å². The summed E-state index contributed by atoms with van der Waals surface area (Å²) >= 11 is 4.98. The third-order valence-electron chi connectivity index (χ3n) is 0.570. The molecular weight excluding hydrogens is 171 g/mol. The van der Waals surface area contributed by atoms with Crippen LogP contribution in [0, 0.1) is 0 Å². The summed E-state index contributed by atoms with van der Waals surface area (Å²) in [4.78, 5) is 0. The van der Waals surface area contributed by atoms with Crippen molar-refractivity contribution in [3.63, 3.8) is 0 Å². The molecule has 0 aromatic heterocycles. The Morgan fingerprint density at radius 1 is 1.67 bits per heavy atom. The number of rotatable bonds is 3. The second-order valence-corrected chi connectivity index (χ2v) is 3.23. The SMILES string of the molecule is O=S(=O)(F)CC(O)CCl. The Labute approximate surface area is 57.7 Å². The first kappa shape index (κ1) is 9.13. The van der Waals surface area contributed by atoms with Gasteiger partial charge in [-0.2, -0.15) is 8.42 Å². The fourth-order valence-electron chi connectivity index (χ4n) is 0.274. The molecule has 0 aromatic carbocycles. The summed E-state index contributed by atoms with van der Waals surface area (Å²) in [5.41, 5.74) is 0. The molecule has 0 saturated carbocycles. The largest absolute Gasteiger partial charge is 0.391 e. The molecule has 0 fully saturated rings. The second kappa shape index (κ2) is 3.34. The highest BCUT2D eigenvalue weighted by molar-refractivity contribution is 7.86. The molecule has 1 N–H and O–H groups in total. The maximum atomic E-state index is 11.6. The number of hydrogen-bond donors (Lipinski definition) is 1. The van der Waals surface area contributed by atoms with Crippen molar-refractivity contribution in [1.82, 2.24) is 0 Å². The fraction of sp³-hybridized carbons (Fsp3) is 1.00. The first-order valence-electron chi connectivity index (χ1n) is 2.12. The summed E-state index contributed by atoms with van der Waals surface area (Å²) in [5, 5.41) is 8.44. The van der Waals surface area contributed by atoms with Crippen molar-refractivity contribution < 1.29 is 17.4 Å². The van der Waals surface area contributed by atoms with E-state index >= 15 is 0 Å². The highest BCUT2D eigenvalue weighted by Gasteiger charge is 2.13. The molecule has 0 bridgehead atoms. The van der Waals surface area contributed by atoms with E-state index < -0.39 is 22.1 Å². The van der Waals surface area contributed by atoms with E-state index in [1.165, 1.54) is 0 Å². The van der Waals surface area contributed by atoms with Gasteiger partial charge in [-0.3, -0.25) is 0 Å². The van der Waals surface area contributed by atoms with Crippen LogP contribution in [-0.2, 0) is 10.2 Å². The minimum Gasteiger partial charge on any atom is -0.391 e. The number of alkyl halides is 1. The Hall–Kier alpha value is 0.130. The Morgan fingerprint density at radius 3 is 2.22 bits per heavy atom. The zero-order valence-corrected chi connectivity index (χ0v) is 5.99. The Morgan fingerprint density at radius 2 is 2.11 bits per heavy atom. The van der Waals surface area contributed by atoms with Crippen LogP contribution >= 0.6 is 11.6 Å². The van der Waals surface area contributed by atoms with Crippen molar-refractivity contribution in [2.45, 2.75) is 6.10 Å². The van der Waals surface area contributed by atoms with Gasteiger partial charge in [0.05, 0.1) is 6.10 Å². The third kappa shape index (κ3) is 6.01. The number of halogens is 2. The molecule has 0 heterocycles. The number of hydrogen-bond acceptors (Lipinski definition) is 3. The maximum Gasteiger partial charge on any atom is 0.305 e. The van der Waals surface area contributed by atoms with Crippen LogP contribution in [0.2, 0.25) is 0 Å². The van der Waals surface area contributed by atoms with Crippen molar-refractivity contribution in [3.05, 3.63) is 0 Å². The molecule has 0 aromatic rings. The molecule has 0 rings (SSSR count). The average Bonchev–Trinajstić information content (AvgIpc) is 1.62. The van der Waals surface area contributed by atoms with Crippen LogP contribution in [0.5, 0.6) is 0 Å². The molecule has 6 heteroatoms. The molecule has 0 saturated heterocycles. The van der Waals surface area contributed by atoms with Gasteiger partial charge in [-0.15, -0.1) is 15.5 Å². The smallest absolute Gasteiger partial charge is 0.305 e. The second-order valence-electron chi connectivity index (χ2n) is 1.51. The molecule has 1 atom stereocenters. The fourth-order valence-corrected chi connectivity index (χ4v) is 1.09. The summed E-state index contributed by atoms with van der Waals surface area (Å²) in [7, 11) is -4.57. The lowest BCUT2D eigenvalue weighted by molar-refractivity contribution is 0.220. The van der Waals surface area contributed by atoms with E-state index in [1.54, 1.807) is 0 Å². The highest BCUT2D eigenvalue weighted by atomic mass is 35.5. The topological polar surface area (TPSA) is 54.4 Å². The Bertz CT molecular complexity index is 166. The van der Waals surface area contributed by atoms with E-state index in [-0.39, 0.29) is 5.88 Å². The van der Waals surface area contributed by atoms with E-state index in [9.17, 15) is 12.3 Å². The molecule has 0 aliphatic rings. The van der Waals surface area contributed by atoms with Crippen LogP contribution in [0.3, 0.4) is 0 Å². The Kier molecular flexibility index (Phi) is 3.38. The lowest BCUT2D eigenvalue weighted by Gasteiger charge is -1.99. The lowest BCUT2D eigenvalue weighted by atomic mass is 10.5. The third-order valence-corrected chi connectivity index (χ3v) is 1.71. The molecule has 1 unspecified atom stereocenters. The molecule has 0 spiro atoms. The van der Waals surface area contributed by atoms with Crippen molar-refractivity contribution >= 4 is 21.8 Å². The van der Waals surface area contributed by atoms with Gasteiger partial charge in [0, 0.05) is 5.88 Å². The number of aliphatic hydroxyl groups is 1. The van der Waals surface area contributed by atoms with E-state index in [2.05, 4.69) is 0 Å². The van der Waals surface area contributed by atoms with Crippen LogP contribution in [0.4, 0.5) is 3.89 Å². The van der Waals surface area contributed by atoms with Gasteiger partial charge in [0.2, 0.25) is 0 Å². The van der Waals surface area contributed by atoms with Crippen molar-refractivity contribution in [2.24, 2.45) is 0 Å². The molecule has 56 valence electrons. The lowest BCUT2D eigenvalue weighted by Crippen LogP contribution is -2.18. The molecule has 0 radical (unpaired) electrons. The predicted molar refractivity (Wildman–Crippen MR) is 31.6 cm³/mol. The van der Waals surface area contributed by atoms with Gasteiger partial charge >= 0.3 is 10.2 Å². The molecule has 3 nitrogen and oxygen atoms in total. The van der Waals surface area contributed by atoms with Gasteiger partial charge in [-0.25, -0.2) is 0 Å². The summed E-state index contributed by atoms with van der Waals surface area (Å²) in [6, 6.07) is 0. The minimum atomic E-state index is -4.57. The first-order chi connectivity index (χ1) is 3.95. The van der Waals surface area contributed by atoms with Crippen molar-refractivity contribution in [2.75, 3.05) is 11.6 Å². The van der Waals surface area contributed by atoms with Crippen LogP contribution in [0.1, 0.15) is 0 Å². The molecule has 0 amide bonds. The van der Waals surface area contributed by atoms with E-state index in [0.29, 0.717) is 0 Å². The van der Waals surface area contributed by atoms with Gasteiger partial charge < -0.3 is 5.11 Å². The molecule has 0 aliphatic heterocycles. The van der Waals surface area contributed by atoms with Crippen molar-refractivity contribution in [1.29, 1.82) is 0 Å². The maximum absolute atomic E-state index is 11.6. The van der Waals surface area contributed by atoms with Crippen LogP contribution < -0.4 is 0 Å². The minimum absolute atomic E-state index is 0.275. The standard InChI is InChI=1S/C3H6ClFO3S/c4-1-3(6)2-9(5,7)8/h3,6H,1-2H2. The Balaban J connectivity index is 3.75. The van der Waals surface area contributed by atoms with Gasteiger partial charge in [0.1, 0.15) is 5.75 Å². The van der Waals surface area contributed by atoms with Gasteiger partial charge in [0.25, 0.3) is 0 Å². The van der Waals surface area contributed by atoms with Gasteiger partial charge in [-0.05, 0) is 0 Å².